The molecule has 1 saturated heterocycles. The second kappa shape index (κ2) is 6.45. The zero-order chi connectivity index (χ0) is 12.5. The molecule has 3 atom stereocenters. The van der Waals surface area contributed by atoms with E-state index in [9.17, 15) is 4.79 Å². The Bertz CT molecular complexity index is 317. The maximum Gasteiger partial charge on any atom is 0.225 e. The van der Waals surface area contributed by atoms with Crippen molar-refractivity contribution in [2.24, 2.45) is 17.6 Å². The van der Waals surface area contributed by atoms with E-state index in [-0.39, 0.29) is 24.4 Å². The molecule has 1 heterocycles. The standard InChI is InChI=1S/C15H26N2O.ClH/c16-13-8-7-12(10-13)15(18)17-9-3-6-14(17)11-4-1-2-5-11;/h11-14H,1-10,16H2;1H. The van der Waals surface area contributed by atoms with Gasteiger partial charge in [0.1, 0.15) is 0 Å². The van der Waals surface area contributed by atoms with Crippen LogP contribution in [0.5, 0.6) is 0 Å². The van der Waals surface area contributed by atoms with Crippen LogP contribution in [0.25, 0.3) is 0 Å². The minimum absolute atomic E-state index is 0. The molecule has 3 rings (SSSR count). The van der Waals surface area contributed by atoms with Crippen molar-refractivity contribution in [3.8, 4) is 0 Å². The molecule has 19 heavy (non-hydrogen) atoms. The number of hydrogen-bond donors (Lipinski definition) is 1. The van der Waals surface area contributed by atoms with Crippen LogP contribution in [0, 0.1) is 11.8 Å². The maximum atomic E-state index is 12.6. The number of likely N-dealkylation sites (tertiary alicyclic amines) is 1. The van der Waals surface area contributed by atoms with E-state index in [2.05, 4.69) is 4.90 Å². The largest absolute Gasteiger partial charge is 0.339 e. The van der Waals surface area contributed by atoms with Gasteiger partial charge in [-0.15, -0.1) is 12.4 Å². The van der Waals surface area contributed by atoms with Crippen LogP contribution in [0.2, 0.25) is 0 Å². The average molecular weight is 287 g/mol. The fraction of sp³-hybridized carbons (Fsp3) is 0.933. The normalized spacial score (nSPS) is 35.6. The van der Waals surface area contributed by atoms with Crippen molar-refractivity contribution in [2.75, 3.05) is 6.54 Å². The molecule has 3 unspecified atom stereocenters. The Hall–Kier alpha value is -0.280. The van der Waals surface area contributed by atoms with Crippen molar-refractivity contribution in [1.82, 2.24) is 4.90 Å². The Morgan fingerprint density at radius 2 is 1.74 bits per heavy atom. The van der Waals surface area contributed by atoms with E-state index in [1.54, 1.807) is 0 Å². The molecule has 3 nitrogen and oxygen atoms in total. The molecule has 0 aromatic rings. The van der Waals surface area contributed by atoms with Crippen LogP contribution in [0.3, 0.4) is 0 Å². The van der Waals surface area contributed by atoms with Crippen LogP contribution >= 0.6 is 12.4 Å². The van der Waals surface area contributed by atoms with E-state index in [0.29, 0.717) is 11.9 Å². The zero-order valence-electron chi connectivity index (χ0n) is 11.7. The van der Waals surface area contributed by atoms with Crippen LogP contribution in [0.4, 0.5) is 0 Å². The summed E-state index contributed by atoms with van der Waals surface area (Å²) in [6.45, 7) is 1.01. The lowest BCUT2D eigenvalue weighted by Gasteiger charge is -2.31. The summed E-state index contributed by atoms with van der Waals surface area (Å²) in [7, 11) is 0. The van der Waals surface area contributed by atoms with Crippen LogP contribution in [0.15, 0.2) is 0 Å². The van der Waals surface area contributed by atoms with Gasteiger partial charge < -0.3 is 10.6 Å². The smallest absolute Gasteiger partial charge is 0.225 e. The molecule has 0 radical (unpaired) electrons. The van der Waals surface area contributed by atoms with Gasteiger partial charge in [0.15, 0.2) is 0 Å². The quantitative estimate of drug-likeness (QED) is 0.848. The number of hydrogen-bond acceptors (Lipinski definition) is 2. The minimum atomic E-state index is 0. The summed E-state index contributed by atoms with van der Waals surface area (Å²) in [5, 5.41) is 0. The summed E-state index contributed by atoms with van der Waals surface area (Å²) in [5.74, 6) is 1.46. The second-order valence-electron chi connectivity index (χ2n) is 6.56. The third-order valence-electron chi connectivity index (χ3n) is 5.35. The van der Waals surface area contributed by atoms with Gasteiger partial charge in [-0.2, -0.15) is 0 Å². The van der Waals surface area contributed by atoms with Gasteiger partial charge in [-0.1, -0.05) is 12.8 Å². The van der Waals surface area contributed by atoms with Crippen LogP contribution in [-0.2, 0) is 4.79 Å². The first-order chi connectivity index (χ1) is 8.75. The van der Waals surface area contributed by atoms with Crippen molar-refractivity contribution in [2.45, 2.75) is 69.9 Å². The van der Waals surface area contributed by atoms with E-state index in [0.717, 1.165) is 31.7 Å². The lowest BCUT2D eigenvalue weighted by atomic mass is 9.95. The van der Waals surface area contributed by atoms with E-state index < -0.39 is 0 Å². The Labute approximate surface area is 122 Å². The molecule has 0 aromatic heterocycles. The molecule has 2 aliphatic carbocycles. The molecular weight excluding hydrogens is 260 g/mol. The van der Waals surface area contributed by atoms with Crippen LogP contribution in [-0.4, -0.2) is 29.4 Å². The molecule has 1 amide bonds. The van der Waals surface area contributed by atoms with E-state index in [4.69, 9.17) is 5.73 Å². The second-order valence-corrected chi connectivity index (χ2v) is 6.56. The molecule has 0 aromatic carbocycles. The Morgan fingerprint density at radius 1 is 1.00 bits per heavy atom. The number of carbonyl (C=O) groups excluding carboxylic acids is 1. The molecule has 0 bridgehead atoms. The molecule has 2 N–H and O–H groups in total. The van der Waals surface area contributed by atoms with E-state index >= 15 is 0 Å². The fourth-order valence-electron chi connectivity index (χ4n) is 4.37. The fourth-order valence-corrected chi connectivity index (χ4v) is 4.37. The monoisotopic (exact) mass is 286 g/mol. The molecule has 3 aliphatic rings. The van der Waals surface area contributed by atoms with Crippen molar-refractivity contribution in [3.05, 3.63) is 0 Å². The van der Waals surface area contributed by atoms with E-state index in [1.165, 1.54) is 38.5 Å². The number of amides is 1. The Balaban J connectivity index is 0.00000133. The zero-order valence-corrected chi connectivity index (χ0v) is 12.5. The molecule has 2 saturated carbocycles. The maximum absolute atomic E-state index is 12.6. The van der Waals surface area contributed by atoms with Crippen molar-refractivity contribution in [3.63, 3.8) is 0 Å². The van der Waals surface area contributed by atoms with Gasteiger partial charge in [-0.05, 0) is 50.9 Å². The van der Waals surface area contributed by atoms with Gasteiger partial charge in [0.2, 0.25) is 5.91 Å². The third kappa shape index (κ3) is 3.08. The van der Waals surface area contributed by atoms with E-state index in [1.807, 2.05) is 0 Å². The topological polar surface area (TPSA) is 46.3 Å². The Kier molecular flexibility index (Phi) is 5.13. The predicted molar refractivity (Wildman–Crippen MR) is 79.3 cm³/mol. The van der Waals surface area contributed by atoms with Crippen LogP contribution < -0.4 is 5.73 Å². The number of nitrogens with two attached hydrogens (primary N) is 1. The van der Waals surface area contributed by atoms with Crippen molar-refractivity contribution < 1.29 is 4.79 Å². The molecule has 3 fully saturated rings. The van der Waals surface area contributed by atoms with Gasteiger partial charge in [0.25, 0.3) is 0 Å². The van der Waals surface area contributed by atoms with Gasteiger partial charge >= 0.3 is 0 Å². The van der Waals surface area contributed by atoms with Gasteiger partial charge in [0.05, 0.1) is 0 Å². The summed E-state index contributed by atoms with van der Waals surface area (Å²) in [4.78, 5) is 14.9. The number of carbonyl (C=O) groups is 1. The number of rotatable bonds is 2. The average Bonchev–Trinajstić information content (AvgIpc) is 3.08. The number of nitrogens with zero attached hydrogens (tertiary/aromatic N) is 1. The summed E-state index contributed by atoms with van der Waals surface area (Å²) in [6.07, 6.45) is 10.9. The SMILES string of the molecule is Cl.NC1CCC(C(=O)N2CCCC2C2CCCC2)C1. The van der Waals surface area contributed by atoms with Gasteiger partial charge in [0, 0.05) is 24.5 Å². The molecule has 0 spiro atoms. The summed E-state index contributed by atoms with van der Waals surface area (Å²) in [6, 6.07) is 0.836. The highest BCUT2D eigenvalue weighted by Gasteiger charge is 2.39. The first-order valence-corrected chi connectivity index (χ1v) is 7.82. The van der Waals surface area contributed by atoms with Gasteiger partial charge in [-0.25, -0.2) is 0 Å². The predicted octanol–water partition coefficient (Wildman–Crippen LogP) is 2.72. The summed E-state index contributed by atoms with van der Waals surface area (Å²) >= 11 is 0. The van der Waals surface area contributed by atoms with Gasteiger partial charge in [-0.3, -0.25) is 4.79 Å². The first-order valence-electron chi connectivity index (χ1n) is 7.82. The highest BCUT2D eigenvalue weighted by molar-refractivity contribution is 5.85. The lowest BCUT2D eigenvalue weighted by Crippen LogP contribution is -2.42. The molecule has 4 heteroatoms. The highest BCUT2D eigenvalue weighted by Crippen LogP contribution is 2.37. The first kappa shape index (κ1) is 15.1. The van der Waals surface area contributed by atoms with Crippen LogP contribution in [0.1, 0.15) is 57.8 Å². The summed E-state index contributed by atoms with van der Waals surface area (Å²) < 4.78 is 0. The Morgan fingerprint density at radius 3 is 2.37 bits per heavy atom. The molecule has 110 valence electrons. The van der Waals surface area contributed by atoms with Crippen molar-refractivity contribution in [1.29, 1.82) is 0 Å². The molecular formula is C15H27ClN2O. The van der Waals surface area contributed by atoms with Crippen molar-refractivity contribution >= 4 is 18.3 Å². The lowest BCUT2D eigenvalue weighted by molar-refractivity contribution is -0.137. The molecule has 1 aliphatic heterocycles. The third-order valence-corrected chi connectivity index (χ3v) is 5.35. The summed E-state index contributed by atoms with van der Waals surface area (Å²) in [5.41, 5.74) is 5.95. The minimum Gasteiger partial charge on any atom is -0.339 e. The highest BCUT2D eigenvalue weighted by atomic mass is 35.5. The number of halogens is 1.